The highest BCUT2D eigenvalue weighted by Gasteiger charge is 2.34. The molecule has 6 heteroatoms. The molecule has 5 nitrogen and oxygen atoms in total. The van der Waals surface area contributed by atoms with E-state index in [0.717, 1.165) is 18.7 Å². The summed E-state index contributed by atoms with van der Waals surface area (Å²) in [4.78, 5) is 18.5. The fourth-order valence-corrected chi connectivity index (χ4v) is 4.57. The lowest BCUT2D eigenvalue weighted by atomic mass is 9.94. The molecule has 0 atom stereocenters. The van der Waals surface area contributed by atoms with Crippen molar-refractivity contribution in [1.82, 2.24) is 15.3 Å². The van der Waals surface area contributed by atoms with E-state index in [0.29, 0.717) is 11.0 Å². The maximum atomic E-state index is 12.1. The summed E-state index contributed by atoms with van der Waals surface area (Å²) in [5.41, 5.74) is 6.10. The van der Waals surface area contributed by atoms with E-state index in [1.165, 1.54) is 11.1 Å². The molecule has 1 aliphatic heterocycles. The average molecular weight is 417 g/mol. The standard InChI is InChI=1S/C24H24N4OS/c29-23(27-26-15-19-11-13-25-14-12-19)18-30-22-16-28(17-22)24(20-7-3-1-4-8-20)21-9-5-2-6-10-21/h1-15,22,24H,16-18H2,(H,27,29)/b26-15+. The number of carbonyl (C=O) groups is 1. The fraction of sp³-hybridized carbons (Fsp3) is 0.208. The minimum atomic E-state index is -0.0774. The minimum Gasteiger partial charge on any atom is -0.290 e. The molecule has 1 amide bonds. The lowest BCUT2D eigenvalue weighted by molar-refractivity contribution is -0.118. The van der Waals surface area contributed by atoms with Gasteiger partial charge in [0.15, 0.2) is 0 Å². The van der Waals surface area contributed by atoms with Crippen molar-refractivity contribution in [2.45, 2.75) is 11.3 Å². The van der Waals surface area contributed by atoms with Crippen molar-refractivity contribution in [2.24, 2.45) is 5.10 Å². The molecule has 1 N–H and O–H groups in total. The number of rotatable bonds is 8. The number of nitrogens with one attached hydrogen (secondary N) is 1. The lowest BCUT2D eigenvalue weighted by Crippen LogP contribution is -2.51. The van der Waals surface area contributed by atoms with Crippen molar-refractivity contribution in [3.8, 4) is 0 Å². The highest BCUT2D eigenvalue weighted by atomic mass is 32.2. The van der Waals surface area contributed by atoms with E-state index >= 15 is 0 Å². The van der Waals surface area contributed by atoms with Crippen LogP contribution in [0.4, 0.5) is 0 Å². The third-order valence-electron chi connectivity index (χ3n) is 5.03. The second kappa shape index (κ2) is 10.2. The van der Waals surface area contributed by atoms with E-state index in [1.54, 1.807) is 30.4 Å². The number of hydrogen-bond donors (Lipinski definition) is 1. The van der Waals surface area contributed by atoms with Crippen LogP contribution in [0.3, 0.4) is 0 Å². The van der Waals surface area contributed by atoms with Crippen molar-refractivity contribution < 1.29 is 4.79 Å². The Morgan fingerprint density at radius 2 is 1.63 bits per heavy atom. The maximum absolute atomic E-state index is 12.1. The summed E-state index contributed by atoms with van der Waals surface area (Å²) in [6, 6.07) is 25.1. The third-order valence-corrected chi connectivity index (χ3v) is 6.23. The molecule has 3 aromatic rings. The first-order chi connectivity index (χ1) is 14.8. The summed E-state index contributed by atoms with van der Waals surface area (Å²) in [5, 5.41) is 4.46. The van der Waals surface area contributed by atoms with Crippen LogP contribution in [0.15, 0.2) is 90.3 Å². The smallest absolute Gasteiger partial charge is 0.250 e. The summed E-state index contributed by atoms with van der Waals surface area (Å²) >= 11 is 1.69. The van der Waals surface area contributed by atoms with Crippen molar-refractivity contribution in [2.75, 3.05) is 18.8 Å². The predicted molar refractivity (Wildman–Crippen MR) is 123 cm³/mol. The van der Waals surface area contributed by atoms with Crippen molar-refractivity contribution >= 4 is 23.9 Å². The zero-order valence-corrected chi connectivity index (χ0v) is 17.4. The number of hydrogen-bond acceptors (Lipinski definition) is 5. The first kappa shape index (κ1) is 20.3. The molecular formula is C24H24N4OS. The van der Waals surface area contributed by atoms with E-state index in [9.17, 15) is 4.79 Å². The number of likely N-dealkylation sites (tertiary alicyclic amines) is 1. The van der Waals surface area contributed by atoms with Crippen LogP contribution < -0.4 is 5.43 Å². The van der Waals surface area contributed by atoms with Crippen LogP contribution in [0.25, 0.3) is 0 Å². The molecule has 152 valence electrons. The second-order valence-electron chi connectivity index (χ2n) is 7.18. The molecule has 0 radical (unpaired) electrons. The molecule has 1 fully saturated rings. The Hall–Kier alpha value is -2.96. The zero-order chi connectivity index (χ0) is 20.6. The quantitative estimate of drug-likeness (QED) is 0.449. The van der Waals surface area contributed by atoms with Gasteiger partial charge in [0, 0.05) is 30.7 Å². The molecule has 0 aliphatic carbocycles. The Balaban J connectivity index is 1.27. The monoisotopic (exact) mass is 416 g/mol. The number of nitrogens with zero attached hydrogens (tertiary/aromatic N) is 3. The Kier molecular flexibility index (Phi) is 6.90. The van der Waals surface area contributed by atoms with Crippen LogP contribution in [0.5, 0.6) is 0 Å². The lowest BCUT2D eigenvalue weighted by Gasteiger charge is -2.44. The average Bonchev–Trinajstić information content (AvgIpc) is 2.77. The van der Waals surface area contributed by atoms with E-state index in [1.807, 2.05) is 12.1 Å². The third kappa shape index (κ3) is 5.34. The Labute approximate surface area is 181 Å². The van der Waals surface area contributed by atoms with Gasteiger partial charge < -0.3 is 0 Å². The number of aromatic nitrogens is 1. The van der Waals surface area contributed by atoms with Gasteiger partial charge in [0.25, 0.3) is 0 Å². The van der Waals surface area contributed by atoms with E-state index in [-0.39, 0.29) is 11.9 Å². The molecule has 4 rings (SSSR count). The number of carbonyl (C=O) groups excluding carboxylic acids is 1. The van der Waals surface area contributed by atoms with Gasteiger partial charge in [-0.1, -0.05) is 60.7 Å². The van der Waals surface area contributed by atoms with Gasteiger partial charge in [-0.05, 0) is 28.8 Å². The highest BCUT2D eigenvalue weighted by Crippen LogP contribution is 2.35. The first-order valence-corrected chi connectivity index (χ1v) is 11.0. The van der Waals surface area contributed by atoms with Crippen LogP contribution >= 0.6 is 11.8 Å². The van der Waals surface area contributed by atoms with Gasteiger partial charge in [0.05, 0.1) is 18.0 Å². The van der Waals surface area contributed by atoms with Crippen molar-refractivity contribution in [3.63, 3.8) is 0 Å². The topological polar surface area (TPSA) is 57.6 Å². The molecule has 0 bridgehead atoms. The fourth-order valence-electron chi connectivity index (χ4n) is 3.52. The minimum absolute atomic E-state index is 0.0774. The normalized spacial score (nSPS) is 14.7. The number of thioether (sulfide) groups is 1. The van der Waals surface area contributed by atoms with Gasteiger partial charge in [-0.25, -0.2) is 5.43 Å². The molecule has 1 aliphatic rings. The van der Waals surface area contributed by atoms with Gasteiger partial charge >= 0.3 is 0 Å². The molecule has 30 heavy (non-hydrogen) atoms. The molecule has 0 saturated carbocycles. The van der Waals surface area contributed by atoms with Crippen LogP contribution in [0.2, 0.25) is 0 Å². The molecule has 2 aromatic carbocycles. The van der Waals surface area contributed by atoms with Gasteiger partial charge in [0.2, 0.25) is 5.91 Å². The van der Waals surface area contributed by atoms with Crippen molar-refractivity contribution in [3.05, 3.63) is 102 Å². The number of hydrazone groups is 1. The maximum Gasteiger partial charge on any atom is 0.250 e. The predicted octanol–water partition coefficient (Wildman–Crippen LogP) is 3.74. The van der Waals surface area contributed by atoms with Gasteiger partial charge in [-0.3, -0.25) is 14.7 Å². The second-order valence-corrected chi connectivity index (χ2v) is 8.47. The number of pyridine rings is 1. The molecule has 0 unspecified atom stereocenters. The number of amides is 1. The van der Waals surface area contributed by atoms with Crippen LogP contribution in [0, 0.1) is 0 Å². The molecule has 1 saturated heterocycles. The van der Waals surface area contributed by atoms with Gasteiger partial charge in [-0.15, -0.1) is 11.8 Å². The largest absolute Gasteiger partial charge is 0.290 e. The molecule has 1 aromatic heterocycles. The summed E-state index contributed by atoms with van der Waals surface area (Å²) < 4.78 is 0. The Morgan fingerprint density at radius 3 is 2.23 bits per heavy atom. The van der Waals surface area contributed by atoms with Crippen LogP contribution in [0.1, 0.15) is 22.7 Å². The van der Waals surface area contributed by atoms with E-state index in [4.69, 9.17) is 0 Å². The summed E-state index contributed by atoms with van der Waals surface area (Å²) in [5.74, 6) is 0.333. The van der Waals surface area contributed by atoms with Gasteiger partial charge in [0.1, 0.15) is 0 Å². The first-order valence-electron chi connectivity index (χ1n) is 9.97. The van der Waals surface area contributed by atoms with Crippen molar-refractivity contribution in [1.29, 1.82) is 0 Å². The molecular weight excluding hydrogens is 392 g/mol. The van der Waals surface area contributed by atoms with Gasteiger partial charge in [-0.2, -0.15) is 5.10 Å². The Bertz CT molecular complexity index is 921. The SMILES string of the molecule is O=C(CSC1CN(C(c2ccccc2)c2ccccc2)C1)N/N=C/c1ccncc1. The summed E-state index contributed by atoms with van der Waals surface area (Å²) in [6.45, 7) is 1.93. The van der Waals surface area contributed by atoms with Crippen LogP contribution in [-0.4, -0.2) is 46.1 Å². The highest BCUT2D eigenvalue weighted by molar-refractivity contribution is 8.00. The molecule has 2 heterocycles. The number of benzene rings is 2. The summed E-state index contributed by atoms with van der Waals surface area (Å²) in [6.07, 6.45) is 5.01. The summed E-state index contributed by atoms with van der Waals surface area (Å²) in [7, 11) is 0. The zero-order valence-electron chi connectivity index (χ0n) is 16.6. The molecule has 0 spiro atoms. The Morgan fingerprint density at radius 1 is 1.03 bits per heavy atom. The van der Waals surface area contributed by atoms with E-state index < -0.39 is 0 Å². The van der Waals surface area contributed by atoms with E-state index in [2.05, 4.69) is 81.1 Å². The van der Waals surface area contributed by atoms with Crippen LogP contribution in [-0.2, 0) is 4.79 Å².